The molecular formula is C24H27ClFN5O4. The lowest BCUT2D eigenvalue weighted by Crippen LogP contribution is -2.48. The lowest BCUT2D eigenvalue weighted by molar-refractivity contribution is -0.0159. The van der Waals surface area contributed by atoms with Crippen LogP contribution in [0.15, 0.2) is 35.4 Å². The highest BCUT2D eigenvalue weighted by molar-refractivity contribution is 5.85. The summed E-state index contributed by atoms with van der Waals surface area (Å²) in [6.45, 7) is 3.54. The molecule has 1 fully saturated rings. The topological polar surface area (TPSA) is 102 Å². The number of likely N-dealkylation sites (tertiary alicyclic amines) is 1. The number of pyridine rings is 1. The first kappa shape index (κ1) is 23.9. The number of nitrogens with zero attached hydrogens (tertiary/aromatic N) is 4. The zero-order chi connectivity index (χ0) is 23.3. The molecule has 0 bridgehead atoms. The Bertz CT molecular complexity index is 1310. The Morgan fingerprint density at radius 1 is 1.14 bits per heavy atom. The predicted molar refractivity (Wildman–Crippen MR) is 129 cm³/mol. The molecule has 3 aliphatic rings. The van der Waals surface area contributed by atoms with E-state index >= 15 is 0 Å². The molecule has 11 heteroatoms. The number of piperidine rings is 1. The number of aromatic nitrogens is 3. The molecule has 1 atom stereocenters. The normalized spacial score (nSPS) is 21.8. The molecule has 0 spiro atoms. The summed E-state index contributed by atoms with van der Waals surface area (Å²) in [7, 11) is 0. The van der Waals surface area contributed by atoms with Crippen LogP contribution >= 0.6 is 12.4 Å². The van der Waals surface area contributed by atoms with Gasteiger partial charge in [0.15, 0.2) is 11.5 Å². The zero-order valence-electron chi connectivity index (χ0n) is 19.1. The summed E-state index contributed by atoms with van der Waals surface area (Å²) in [5.74, 6) is 0.910. The number of fused-ring (bicyclic) bond motifs is 1. The number of hydrogen-bond donors (Lipinski definition) is 2. The van der Waals surface area contributed by atoms with E-state index in [0.29, 0.717) is 42.6 Å². The molecule has 5 heterocycles. The first-order chi connectivity index (χ1) is 16.5. The molecular weight excluding hydrogens is 477 g/mol. The van der Waals surface area contributed by atoms with Crippen molar-refractivity contribution in [3.8, 4) is 11.5 Å². The second-order valence-electron chi connectivity index (χ2n) is 9.25. The van der Waals surface area contributed by atoms with Crippen LogP contribution in [0.5, 0.6) is 11.5 Å². The fourth-order valence-electron chi connectivity index (χ4n) is 5.31. The van der Waals surface area contributed by atoms with E-state index in [0.717, 1.165) is 37.4 Å². The number of aliphatic hydroxyl groups is 1. The van der Waals surface area contributed by atoms with Gasteiger partial charge in [-0.1, -0.05) is 0 Å². The maximum atomic E-state index is 14.8. The van der Waals surface area contributed by atoms with Crippen molar-refractivity contribution in [1.29, 1.82) is 0 Å². The lowest BCUT2D eigenvalue weighted by atomic mass is 9.93. The number of halogens is 2. The van der Waals surface area contributed by atoms with Crippen molar-refractivity contribution in [2.75, 3.05) is 32.8 Å². The summed E-state index contributed by atoms with van der Waals surface area (Å²) in [5.41, 5.74) is 0.202. The van der Waals surface area contributed by atoms with Gasteiger partial charge in [-0.25, -0.2) is 9.37 Å². The van der Waals surface area contributed by atoms with E-state index in [1.54, 1.807) is 12.3 Å². The van der Waals surface area contributed by atoms with Gasteiger partial charge in [-0.15, -0.1) is 12.4 Å². The lowest BCUT2D eigenvalue weighted by Gasteiger charge is -2.37. The van der Waals surface area contributed by atoms with Crippen molar-refractivity contribution in [3.05, 3.63) is 58.0 Å². The van der Waals surface area contributed by atoms with Crippen LogP contribution < -0.4 is 20.3 Å². The standard InChI is InChI=1S/C24H26FN5O4.ClH/c25-17-1-2-18-23-22(17)24(32,14-30(23)21(31)12-28-18)13-29-5-3-15(4-6-29)26-10-16-9-19-20(11-27-16)34-8-7-33-19;/h1-2,9,11-12,15,26,32H,3-8,10,13-14H2;1H. The van der Waals surface area contributed by atoms with Crippen LogP contribution in [0, 0.1) is 5.82 Å². The van der Waals surface area contributed by atoms with Crippen molar-refractivity contribution >= 4 is 23.4 Å². The van der Waals surface area contributed by atoms with Crippen LogP contribution in [-0.4, -0.2) is 63.4 Å². The number of hydrogen-bond acceptors (Lipinski definition) is 8. The van der Waals surface area contributed by atoms with Crippen LogP contribution in [0.3, 0.4) is 0 Å². The second kappa shape index (κ2) is 9.34. The Kier molecular flexibility index (Phi) is 6.39. The first-order valence-electron chi connectivity index (χ1n) is 11.6. The Hall–Kier alpha value is -2.79. The van der Waals surface area contributed by atoms with Gasteiger partial charge in [-0.05, 0) is 38.1 Å². The summed E-state index contributed by atoms with van der Waals surface area (Å²) >= 11 is 0. The molecule has 9 nitrogen and oxygen atoms in total. The fourth-order valence-corrected chi connectivity index (χ4v) is 5.31. The SMILES string of the molecule is Cl.O=c1cnc2ccc(F)c3c2n1CC3(O)CN1CCC(NCc2cc3c(cn2)OCCO3)CC1. The number of ether oxygens (including phenoxy) is 2. The molecule has 1 unspecified atom stereocenters. The van der Waals surface area contributed by atoms with Crippen molar-refractivity contribution < 1.29 is 19.0 Å². The summed E-state index contributed by atoms with van der Waals surface area (Å²) in [6.07, 6.45) is 4.71. The van der Waals surface area contributed by atoms with Gasteiger partial charge in [0.05, 0.1) is 35.7 Å². The van der Waals surface area contributed by atoms with Crippen LogP contribution in [0.1, 0.15) is 24.1 Å². The quantitative estimate of drug-likeness (QED) is 0.541. The number of rotatable bonds is 5. The minimum absolute atomic E-state index is 0. The van der Waals surface area contributed by atoms with E-state index in [2.05, 4.69) is 20.2 Å². The molecule has 35 heavy (non-hydrogen) atoms. The van der Waals surface area contributed by atoms with E-state index < -0.39 is 11.4 Å². The molecule has 3 aromatic rings. The van der Waals surface area contributed by atoms with E-state index in [4.69, 9.17) is 9.47 Å². The molecule has 1 saturated heterocycles. The second-order valence-corrected chi connectivity index (χ2v) is 9.25. The highest BCUT2D eigenvalue weighted by Gasteiger charge is 2.43. The Balaban J connectivity index is 0.00000253. The monoisotopic (exact) mass is 503 g/mol. The van der Waals surface area contributed by atoms with Gasteiger partial charge < -0.3 is 24.5 Å². The van der Waals surface area contributed by atoms with Gasteiger partial charge in [-0.2, -0.15) is 0 Å². The Morgan fingerprint density at radius 3 is 2.71 bits per heavy atom. The molecule has 0 aliphatic carbocycles. The van der Waals surface area contributed by atoms with Crippen molar-refractivity contribution in [1.82, 2.24) is 24.8 Å². The highest BCUT2D eigenvalue weighted by Crippen LogP contribution is 2.38. The minimum atomic E-state index is -1.46. The summed E-state index contributed by atoms with van der Waals surface area (Å²) in [6, 6.07) is 5.09. The third kappa shape index (κ3) is 4.35. The predicted octanol–water partition coefficient (Wildman–Crippen LogP) is 1.58. The summed E-state index contributed by atoms with van der Waals surface area (Å²) < 4.78 is 27.4. The number of benzene rings is 1. The van der Waals surface area contributed by atoms with Gasteiger partial charge >= 0.3 is 0 Å². The van der Waals surface area contributed by atoms with E-state index in [-0.39, 0.29) is 36.6 Å². The first-order valence-corrected chi connectivity index (χ1v) is 11.6. The zero-order valence-corrected chi connectivity index (χ0v) is 19.9. The van der Waals surface area contributed by atoms with Gasteiger partial charge in [0.2, 0.25) is 0 Å². The van der Waals surface area contributed by atoms with Gasteiger partial charge in [0.1, 0.15) is 24.6 Å². The minimum Gasteiger partial charge on any atom is -0.486 e. The third-order valence-corrected chi connectivity index (χ3v) is 6.97. The van der Waals surface area contributed by atoms with Crippen LogP contribution in [0.25, 0.3) is 11.0 Å². The Labute approximate surface area is 207 Å². The number of β-amino-alcohol motifs (C(OH)–C–C–N with tert-alkyl or cyclic N) is 1. The summed E-state index contributed by atoms with van der Waals surface area (Å²) in [5, 5.41) is 15.0. The smallest absolute Gasteiger partial charge is 0.269 e. The fraction of sp³-hybridized carbons (Fsp3) is 0.458. The van der Waals surface area contributed by atoms with Crippen molar-refractivity contribution in [3.63, 3.8) is 0 Å². The molecule has 0 radical (unpaired) electrons. The molecule has 2 N–H and O–H groups in total. The molecule has 2 aromatic heterocycles. The molecule has 3 aliphatic heterocycles. The molecule has 186 valence electrons. The van der Waals surface area contributed by atoms with E-state index in [1.807, 2.05) is 6.07 Å². The largest absolute Gasteiger partial charge is 0.486 e. The van der Waals surface area contributed by atoms with Gasteiger partial charge in [0, 0.05) is 30.8 Å². The third-order valence-electron chi connectivity index (χ3n) is 6.97. The maximum Gasteiger partial charge on any atom is 0.269 e. The average molecular weight is 504 g/mol. The Morgan fingerprint density at radius 2 is 1.91 bits per heavy atom. The highest BCUT2D eigenvalue weighted by atomic mass is 35.5. The average Bonchev–Trinajstić information content (AvgIpc) is 3.17. The van der Waals surface area contributed by atoms with E-state index in [9.17, 15) is 14.3 Å². The molecule has 0 saturated carbocycles. The van der Waals surface area contributed by atoms with E-state index in [1.165, 1.54) is 16.8 Å². The van der Waals surface area contributed by atoms with Crippen molar-refractivity contribution in [2.45, 2.75) is 37.6 Å². The molecule has 6 rings (SSSR count). The maximum absolute atomic E-state index is 14.8. The summed E-state index contributed by atoms with van der Waals surface area (Å²) in [4.78, 5) is 23.0. The van der Waals surface area contributed by atoms with Crippen molar-refractivity contribution in [2.24, 2.45) is 0 Å². The molecule has 1 aromatic carbocycles. The van der Waals surface area contributed by atoms with Gasteiger partial charge in [0.25, 0.3) is 5.56 Å². The van der Waals surface area contributed by atoms with Crippen LogP contribution in [0.4, 0.5) is 4.39 Å². The number of nitrogens with one attached hydrogen (secondary N) is 1. The van der Waals surface area contributed by atoms with Gasteiger partial charge in [-0.3, -0.25) is 14.7 Å². The van der Waals surface area contributed by atoms with Crippen LogP contribution in [0.2, 0.25) is 0 Å². The van der Waals surface area contributed by atoms with Crippen LogP contribution in [-0.2, 0) is 18.7 Å². The molecule has 0 amide bonds.